The fourth-order valence-corrected chi connectivity index (χ4v) is 2.15. The van der Waals surface area contributed by atoms with Gasteiger partial charge in [-0.05, 0) is 51.5 Å². The van der Waals surface area contributed by atoms with Gasteiger partial charge in [-0.3, -0.25) is 0 Å². The van der Waals surface area contributed by atoms with Crippen molar-refractivity contribution >= 4 is 11.9 Å². The summed E-state index contributed by atoms with van der Waals surface area (Å²) in [6.45, 7) is 7.63. The van der Waals surface area contributed by atoms with Crippen LogP contribution in [-0.4, -0.2) is 34.2 Å². The van der Waals surface area contributed by atoms with Crippen molar-refractivity contribution in [1.29, 1.82) is 0 Å². The summed E-state index contributed by atoms with van der Waals surface area (Å²) in [5.41, 5.74) is 1.16. The number of ether oxygens (including phenoxy) is 2. The number of carbonyl (C=O) groups is 2. The van der Waals surface area contributed by atoms with E-state index >= 15 is 0 Å². The molecule has 1 aromatic carbocycles. The summed E-state index contributed by atoms with van der Waals surface area (Å²) in [5.74, 6) is -1.14. The Morgan fingerprint density at radius 1 is 1.12 bits per heavy atom. The second-order valence-electron chi connectivity index (χ2n) is 6.39. The lowest BCUT2D eigenvalue weighted by molar-refractivity contribution is 0.00693. The Bertz CT molecular complexity index is 775. The van der Waals surface area contributed by atoms with Gasteiger partial charge in [-0.2, -0.15) is 0 Å². The molecule has 1 N–H and O–H groups in total. The number of benzene rings is 1. The first-order valence-electron chi connectivity index (χ1n) is 7.91. The summed E-state index contributed by atoms with van der Waals surface area (Å²) in [4.78, 5) is 27.3. The minimum Gasteiger partial charge on any atom is -0.478 e. The van der Waals surface area contributed by atoms with E-state index in [0.29, 0.717) is 29.2 Å². The minimum atomic E-state index is -1.07. The van der Waals surface area contributed by atoms with E-state index in [4.69, 9.17) is 14.6 Å². The van der Waals surface area contributed by atoms with Crippen molar-refractivity contribution in [2.24, 2.45) is 0 Å². The molecule has 0 aliphatic rings. The number of pyridine rings is 1. The lowest BCUT2D eigenvalue weighted by atomic mass is 10.0. The molecule has 0 amide bonds. The number of hydrogen-bond donors (Lipinski definition) is 1. The smallest absolute Gasteiger partial charge is 0.338 e. The highest BCUT2D eigenvalue weighted by atomic mass is 16.6. The Hall–Kier alpha value is -2.89. The number of aromatic nitrogens is 1. The molecule has 0 fully saturated rings. The lowest BCUT2D eigenvalue weighted by Crippen LogP contribution is -2.23. The van der Waals surface area contributed by atoms with E-state index in [2.05, 4.69) is 4.98 Å². The van der Waals surface area contributed by atoms with Gasteiger partial charge in [-0.25, -0.2) is 14.6 Å². The molecule has 2 aromatic rings. The fourth-order valence-electron chi connectivity index (χ4n) is 2.15. The van der Waals surface area contributed by atoms with Crippen LogP contribution in [0.2, 0.25) is 0 Å². The number of esters is 1. The van der Waals surface area contributed by atoms with Crippen molar-refractivity contribution in [3.05, 3.63) is 47.7 Å². The summed E-state index contributed by atoms with van der Waals surface area (Å²) >= 11 is 0. The summed E-state index contributed by atoms with van der Waals surface area (Å²) in [6.07, 6.45) is 1.26. The SMILES string of the molecule is CCOc1ncc(C(=O)O)cc1-c1ccc(C(=O)OC(C)(C)C)cc1. The molecule has 6 nitrogen and oxygen atoms in total. The van der Waals surface area contributed by atoms with Crippen molar-refractivity contribution in [1.82, 2.24) is 4.98 Å². The first-order chi connectivity index (χ1) is 11.7. The van der Waals surface area contributed by atoms with E-state index < -0.39 is 17.5 Å². The maximum Gasteiger partial charge on any atom is 0.338 e. The van der Waals surface area contributed by atoms with Crippen molar-refractivity contribution in [2.45, 2.75) is 33.3 Å². The number of carboxylic acids is 1. The van der Waals surface area contributed by atoms with E-state index in [1.165, 1.54) is 12.3 Å². The molecule has 0 radical (unpaired) electrons. The van der Waals surface area contributed by atoms with Gasteiger partial charge in [0.25, 0.3) is 0 Å². The predicted molar refractivity (Wildman–Crippen MR) is 93.0 cm³/mol. The lowest BCUT2D eigenvalue weighted by Gasteiger charge is -2.19. The van der Waals surface area contributed by atoms with Crippen LogP contribution in [0.25, 0.3) is 11.1 Å². The summed E-state index contributed by atoms with van der Waals surface area (Å²) in [5, 5.41) is 9.16. The largest absolute Gasteiger partial charge is 0.478 e. The van der Waals surface area contributed by atoms with E-state index in [0.717, 1.165) is 0 Å². The van der Waals surface area contributed by atoms with Gasteiger partial charge in [0.15, 0.2) is 0 Å². The Morgan fingerprint density at radius 2 is 1.76 bits per heavy atom. The number of rotatable bonds is 5. The van der Waals surface area contributed by atoms with Crippen LogP contribution < -0.4 is 4.74 Å². The molecule has 0 saturated carbocycles. The monoisotopic (exact) mass is 343 g/mol. The Morgan fingerprint density at radius 3 is 2.28 bits per heavy atom. The van der Waals surface area contributed by atoms with E-state index in [1.807, 2.05) is 6.92 Å². The van der Waals surface area contributed by atoms with Crippen molar-refractivity contribution in [3.8, 4) is 17.0 Å². The van der Waals surface area contributed by atoms with Gasteiger partial charge in [0, 0.05) is 11.8 Å². The number of aromatic carboxylic acids is 1. The zero-order valence-corrected chi connectivity index (χ0v) is 14.7. The van der Waals surface area contributed by atoms with Crippen LogP contribution in [0.3, 0.4) is 0 Å². The third kappa shape index (κ3) is 4.79. The van der Waals surface area contributed by atoms with E-state index in [-0.39, 0.29) is 5.56 Å². The third-order valence-corrected chi connectivity index (χ3v) is 3.21. The molecule has 0 saturated heterocycles. The van der Waals surface area contributed by atoms with Crippen LogP contribution in [0, 0.1) is 0 Å². The van der Waals surface area contributed by atoms with Crippen LogP contribution in [-0.2, 0) is 4.74 Å². The van der Waals surface area contributed by atoms with Gasteiger partial charge >= 0.3 is 11.9 Å². The Kier molecular flexibility index (Phi) is 5.41. The van der Waals surface area contributed by atoms with Gasteiger partial charge in [-0.15, -0.1) is 0 Å². The maximum atomic E-state index is 12.1. The van der Waals surface area contributed by atoms with Crippen LogP contribution in [0.1, 0.15) is 48.4 Å². The minimum absolute atomic E-state index is 0.0645. The Balaban J connectivity index is 2.37. The second-order valence-corrected chi connectivity index (χ2v) is 6.39. The van der Waals surface area contributed by atoms with Gasteiger partial charge in [0.05, 0.1) is 17.7 Å². The maximum absolute atomic E-state index is 12.1. The molecule has 2 rings (SSSR count). The zero-order chi connectivity index (χ0) is 18.6. The summed E-state index contributed by atoms with van der Waals surface area (Å²) in [7, 11) is 0. The molecular formula is C19H21NO5. The van der Waals surface area contributed by atoms with Crippen LogP contribution in [0.5, 0.6) is 5.88 Å². The highest BCUT2D eigenvalue weighted by Gasteiger charge is 2.18. The van der Waals surface area contributed by atoms with E-state index in [1.54, 1.807) is 45.0 Å². The molecule has 6 heteroatoms. The molecule has 1 aromatic heterocycles. The molecule has 132 valence electrons. The number of carbonyl (C=O) groups excluding carboxylic acids is 1. The average Bonchev–Trinajstić information content (AvgIpc) is 2.54. The first kappa shape index (κ1) is 18.4. The molecule has 0 atom stereocenters. The quantitative estimate of drug-likeness (QED) is 0.831. The predicted octanol–water partition coefficient (Wildman–Crippen LogP) is 3.80. The van der Waals surface area contributed by atoms with Crippen LogP contribution in [0.4, 0.5) is 0 Å². The molecule has 25 heavy (non-hydrogen) atoms. The van der Waals surface area contributed by atoms with Gasteiger partial charge < -0.3 is 14.6 Å². The normalized spacial score (nSPS) is 11.0. The topological polar surface area (TPSA) is 85.7 Å². The van der Waals surface area contributed by atoms with E-state index in [9.17, 15) is 9.59 Å². The van der Waals surface area contributed by atoms with Crippen molar-refractivity contribution < 1.29 is 24.2 Å². The average molecular weight is 343 g/mol. The summed E-state index contributed by atoms with van der Waals surface area (Å²) < 4.78 is 10.8. The van der Waals surface area contributed by atoms with Crippen molar-refractivity contribution in [3.63, 3.8) is 0 Å². The Labute approximate surface area is 146 Å². The van der Waals surface area contributed by atoms with Gasteiger partial charge in [0.1, 0.15) is 5.60 Å². The van der Waals surface area contributed by atoms with Crippen molar-refractivity contribution in [2.75, 3.05) is 6.61 Å². The van der Waals surface area contributed by atoms with Crippen LogP contribution >= 0.6 is 0 Å². The standard InChI is InChI=1S/C19H21NO5/c1-5-24-16-15(10-14(11-20-16)17(21)22)12-6-8-13(9-7-12)18(23)25-19(2,3)4/h6-11H,5H2,1-4H3,(H,21,22). The highest BCUT2D eigenvalue weighted by molar-refractivity contribution is 5.91. The zero-order valence-electron chi connectivity index (χ0n) is 14.7. The molecule has 0 aliphatic carbocycles. The number of nitrogens with zero attached hydrogens (tertiary/aromatic N) is 1. The summed E-state index contributed by atoms with van der Waals surface area (Å²) in [6, 6.07) is 8.19. The van der Waals surface area contributed by atoms with Gasteiger partial charge in [0.2, 0.25) is 5.88 Å². The third-order valence-electron chi connectivity index (χ3n) is 3.21. The number of carboxylic acid groups (broad SMARTS) is 1. The molecular weight excluding hydrogens is 322 g/mol. The molecule has 0 aliphatic heterocycles. The molecule has 1 heterocycles. The van der Waals surface area contributed by atoms with Gasteiger partial charge in [-0.1, -0.05) is 12.1 Å². The fraction of sp³-hybridized carbons (Fsp3) is 0.316. The van der Waals surface area contributed by atoms with Crippen LogP contribution in [0.15, 0.2) is 36.5 Å². The number of hydrogen-bond acceptors (Lipinski definition) is 5. The second kappa shape index (κ2) is 7.34. The molecule has 0 unspecified atom stereocenters. The highest BCUT2D eigenvalue weighted by Crippen LogP contribution is 2.29. The molecule has 0 bridgehead atoms. The first-order valence-corrected chi connectivity index (χ1v) is 7.91. The molecule has 0 spiro atoms.